The lowest BCUT2D eigenvalue weighted by molar-refractivity contribution is -0.186. The Labute approximate surface area is 128 Å². The summed E-state index contributed by atoms with van der Waals surface area (Å²) in [6.07, 6.45) is -0.919. The number of hydrogen-bond donors (Lipinski definition) is 1. The first-order chi connectivity index (χ1) is 9.95. The fourth-order valence-corrected chi connectivity index (χ4v) is 1.83. The van der Waals surface area contributed by atoms with Gasteiger partial charge in [-0.1, -0.05) is 20.8 Å². The van der Waals surface area contributed by atoms with E-state index >= 15 is 0 Å². The molecule has 0 amide bonds. The Kier molecular flexibility index (Phi) is 6.69. The van der Waals surface area contributed by atoms with E-state index < -0.39 is 47.0 Å². The molecule has 0 radical (unpaired) electrons. The highest BCUT2D eigenvalue weighted by Gasteiger charge is 2.56. The van der Waals surface area contributed by atoms with Crippen molar-refractivity contribution in [3.63, 3.8) is 0 Å². The van der Waals surface area contributed by atoms with Gasteiger partial charge in [-0.2, -0.15) is 0 Å². The summed E-state index contributed by atoms with van der Waals surface area (Å²) in [6.45, 7) is 4.50. The topological polar surface area (TPSA) is 116 Å². The van der Waals surface area contributed by atoms with Crippen LogP contribution < -0.4 is 0 Å². The van der Waals surface area contributed by atoms with Gasteiger partial charge in [0.15, 0.2) is 17.3 Å². The first kappa shape index (κ1) is 20.0. The zero-order chi connectivity index (χ0) is 17.7. The number of carbonyl (C=O) groups is 4. The van der Waals surface area contributed by atoms with Crippen molar-refractivity contribution in [1.82, 2.24) is 0 Å². The number of ketones is 1. The maximum absolute atomic E-state index is 12.5. The van der Waals surface area contributed by atoms with Crippen LogP contribution in [0.2, 0.25) is 0 Å². The second-order valence-electron chi connectivity index (χ2n) is 5.74. The Morgan fingerprint density at radius 3 is 1.77 bits per heavy atom. The largest absolute Gasteiger partial charge is 0.469 e. The molecule has 0 saturated carbocycles. The summed E-state index contributed by atoms with van der Waals surface area (Å²) in [5.74, 6) is -6.11. The smallest absolute Gasteiger partial charge is 0.339 e. The van der Waals surface area contributed by atoms with Crippen LogP contribution in [0.3, 0.4) is 0 Å². The molecule has 0 aliphatic rings. The Bertz CT molecular complexity index is 462. The highest BCUT2D eigenvalue weighted by molar-refractivity contribution is 6.08. The molecule has 1 N–H and O–H groups in total. The molecule has 2 unspecified atom stereocenters. The summed E-state index contributed by atoms with van der Waals surface area (Å²) in [5.41, 5.74) is -3.78. The van der Waals surface area contributed by atoms with Crippen LogP contribution in [-0.2, 0) is 33.4 Å². The van der Waals surface area contributed by atoms with Crippen molar-refractivity contribution >= 4 is 23.7 Å². The molecule has 0 bridgehead atoms. The number of hydrogen-bond acceptors (Lipinski definition) is 8. The highest BCUT2D eigenvalue weighted by atomic mass is 16.6. The second-order valence-corrected chi connectivity index (χ2v) is 5.74. The van der Waals surface area contributed by atoms with E-state index in [2.05, 4.69) is 14.2 Å². The van der Waals surface area contributed by atoms with Gasteiger partial charge >= 0.3 is 17.9 Å². The Morgan fingerprint density at radius 2 is 1.45 bits per heavy atom. The van der Waals surface area contributed by atoms with Crippen LogP contribution in [0, 0.1) is 11.3 Å². The average molecular weight is 318 g/mol. The predicted octanol–water partition coefficient (Wildman–Crippen LogP) is -0.142. The highest BCUT2D eigenvalue weighted by Crippen LogP contribution is 2.32. The molecule has 0 aromatic rings. The van der Waals surface area contributed by atoms with E-state index in [1.807, 2.05) is 0 Å². The molecule has 0 aliphatic carbocycles. The minimum absolute atomic E-state index is 0.767. The summed E-state index contributed by atoms with van der Waals surface area (Å²) in [6, 6.07) is 0. The van der Waals surface area contributed by atoms with E-state index in [0.717, 1.165) is 21.3 Å². The van der Waals surface area contributed by atoms with E-state index in [4.69, 9.17) is 0 Å². The first-order valence-corrected chi connectivity index (χ1v) is 6.45. The van der Waals surface area contributed by atoms with Crippen molar-refractivity contribution in [2.75, 3.05) is 21.3 Å². The van der Waals surface area contributed by atoms with Crippen LogP contribution in [0.15, 0.2) is 0 Å². The Hall–Kier alpha value is -1.96. The fraction of sp³-hybridized carbons (Fsp3) is 0.714. The lowest BCUT2D eigenvalue weighted by Crippen LogP contribution is -2.56. The lowest BCUT2D eigenvalue weighted by Gasteiger charge is -2.33. The molecule has 8 heteroatoms. The van der Waals surface area contributed by atoms with Gasteiger partial charge in [0.05, 0.1) is 27.8 Å². The van der Waals surface area contributed by atoms with Gasteiger partial charge in [-0.05, 0) is 0 Å². The van der Waals surface area contributed by atoms with Crippen molar-refractivity contribution in [2.24, 2.45) is 11.3 Å². The molecule has 22 heavy (non-hydrogen) atoms. The zero-order valence-corrected chi connectivity index (χ0v) is 13.6. The minimum atomic E-state index is -2.71. The van der Waals surface area contributed by atoms with E-state index in [0.29, 0.717) is 0 Å². The summed E-state index contributed by atoms with van der Waals surface area (Å²) < 4.78 is 13.3. The quantitative estimate of drug-likeness (QED) is 0.408. The Balaban J connectivity index is 6.07. The molecule has 0 aliphatic heterocycles. The van der Waals surface area contributed by atoms with Gasteiger partial charge in [0, 0.05) is 5.41 Å². The maximum atomic E-state index is 12.5. The summed E-state index contributed by atoms with van der Waals surface area (Å²) in [7, 11) is 3.00. The Morgan fingerprint density at radius 1 is 0.955 bits per heavy atom. The molecule has 0 saturated heterocycles. The van der Waals surface area contributed by atoms with Crippen LogP contribution >= 0.6 is 0 Å². The van der Waals surface area contributed by atoms with Gasteiger partial charge in [0.1, 0.15) is 0 Å². The van der Waals surface area contributed by atoms with Crippen molar-refractivity contribution in [2.45, 2.75) is 32.8 Å². The summed E-state index contributed by atoms with van der Waals surface area (Å²) in [5, 5.41) is 10.6. The summed E-state index contributed by atoms with van der Waals surface area (Å²) in [4.78, 5) is 47.9. The van der Waals surface area contributed by atoms with Gasteiger partial charge < -0.3 is 19.3 Å². The lowest BCUT2D eigenvalue weighted by atomic mass is 9.73. The van der Waals surface area contributed by atoms with E-state index in [1.54, 1.807) is 0 Å². The number of esters is 3. The van der Waals surface area contributed by atoms with Crippen LogP contribution in [-0.4, -0.2) is 55.7 Å². The normalized spacial score (nSPS) is 15.2. The molecule has 126 valence electrons. The second kappa shape index (κ2) is 7.35. The molecule has 0 aromatic heterocycles. The van der Waals surface area contributed by atoms with E-state index in [-0.39, 0.29) is 0 Å². The van der Waals surface area contributed by atoms with Crippen LogP contribution in [0.5, 0.6) is 0 Å². The van der Waals surface area contributed by atoms with E-state index in [9.17, 15) is 24.3 Å². The van der Waals surface area contributed by atoms with Crippen molar-refractivity contribution < 1.29 is 38.5 Å². The number of aliphatic hydroxyl groups is 1. The van der Waals surface area contributed by atoms with Gasteiger partial charge in [-0.15, -0.1) is 0 Å². The minimum Gasteiger partial charge on any atom is -0.469 e. The molecule has 0 fully saturated rings. The fourth-order valence-electron chi connectivity index (χ4n) is 1.83. The van der Waals surface area contributed by atoms with Crippen LogP contribution in [0.25, 0.3) is 0 Å². The molecule has 2 atom stereocenters. The average Bonchev–Trinajstić information content (AvgIpc) is 2.44. The zero-order valence-electron chi connectivity index (χ0n) is 13.6. The third kappa shape index (κ3) is 4.27. The maximum Gasteiger partial charge on any atom is 0.339 e. The van der Waals surface area contributed by atoms with Gasteiger partial charge in [0.25, 0.3) is 0 Å². The SMILES string of the molecule is COC(=O)CC(O)(C(=O)OC)C(C(=O)OC)C(=O)C(C)(C)C. The molecule has 8 nitrogen and oxygen atoms in total. The monoisotopic (exact) mass is 318 g/mol. The van der Waals surface area contributed by atoms with Crippen molar-refractivity contribution in [3.05, 3.63) is 0 Å². The van der Waals surface area contributed by atoms with Crippen molar-refractivity contribution in [1.29, 1.82) is 0 Å². The molecule has 0 aromatic carbocycles. The molecule has 0 heterocycles. The third-order valence-corrected chi connectivity index (χ3v) is 3.10. The van der Waals surface area contributed by atoms with Crippen molar-refractivity contribution in [3.8, 4) is 0 Å². The molecular formula is C14H22O8. The molecule has 0 spiro atoms. The molecule has 0 rings (SSSR count). The predicted molar refractivity (Wildman–Crippen MR) is 73.6 cm³/mol. The number of rotatable bonds is 6. The van der Waals surface area contributed by atoms with Crippen LogP contribution in [0.4, 0.5) is 0 Å². The first-order valence-electron chi connectivity index (χ1n) is 6.45. The van der Waals surface area contributed by atoms with Gasteiger partial charge in [-0.25, -0.2) is 4.79 Å². The standard InChI is InChI=1S/C14H22O8/c1-13(2,3)10(16)9(11(17)21-5)14(19,12(18)22-6)7-8(15)20-4/h9,19H,7H2,1-6H3. The van der Waals surface area contributed by atoms with Gasteiger partial charge in [-0.3, -0.25) is 14.4 Å². The third-order valence-electron chi connectivity index (χ3n) is 3.10. The molecular weight excluding hydrogens is 296 g/mol. The van der Waals surface area contributed by atoms with Gasteiger partial charge in [0.2, 0.25) is 0 Å². The number of methoxy groups -OCH3 is 3. The van der Waals surface area contributed by atoms with Crippen LogP contribution in [0.1, 0.15) is 27.2 Å². The summed E-state index contributed by atoms with van der Waals surface area (Å²) >= 11 is 0. The van der Waals surface area contributed by atoms with E-state index in [1.165, 1.54) is 20.8 Å². The number of Topliss-reactive ketones (excluding diaryl/α,β-unsaturated/α-hetero) is 1. The number of ether oxygens (including phenoxy) is 3. The number of carbonyl (C=O) groups excluding carboxylic acids is 4.